The first-order chi connectivity index (χ1) is 15.7. The van der Waals surface area contributed by atoms with Gasteiger partial charge in [-0.15, -0.1) is 0 Å². The average Bonchev–Trinajstić information content (AvgIpc) is 3.26. The van der Waals surface area contributed by atoms with Crippen molar-refractivity contribution in [3.8, 4) is 0 Å². The van der Waals surface area contributed by atoms with E-state index in [-0.39, 0.29) is 29.7 Å². The van der Waals surface area contributed by atoms with Crippen LogP contribution in [0, 0.1) is 5.92 Å². The zero-order valence-corrected chi connectivity index (χ0v) is 19.4. The van der Waals surface area contributed by atoms with E-state index in [0.717, 1.165) is 6.39 Å². The highest BCUT2D eigenvalue weighted by Gasteiger charge is 2.35. The molecule has 11 nitrogen and oxygen atoms in total. The Morgan fingerprint density at radius 2 is 2.09 bits per heavy atom. The molecule has 1 saturated heterocycles. The number of amides is 2. The average molecular weight is 480 g/mol. The van der Waals surface area contributed by atoms with Crippen molar-refractivity contribution in [2.75, 3.05) is 13.1 Å². The lowest BCUT2D eigenvalue weighted by Crippen LogP contribution is -2.54. The van der Waals surface area contributed by atoms with Gasteiger partial charge in [0.25, 0.3) is 15.9 Å². The fourth-order valence-corrected chi connectivity index (χ4v) is 5.10. The number of aliphatic hydroxyl groups is 1. The van der Waals surface area contributed by atoms with E-state index in [9.17, 15) is 23.1 Å². The first-order valence-corrected chi connectivity index (χ1v) is 12.2. The Morgan fingerprint density at radius 3 is 2.73 bits per heavy atom. The molecule has 3 N–H and O–H groups in total. The summed E-state index contributed by atoms with van der Waals surface area (Å²) in [4.78, 5) is 33.0. The Hall–Kier alpha value is -2.83. The fraction of sp³-hybridized carbons (Fsp3) is 0.524. The van der Waals surface area contributed by atoms with Gasteiger partial charge in [-0.2, -0.15) is 4.31 Å². The lowest BCUT2D eigenvalue weighted by Gasteiger charge is -2.27. The summed E-state index contributed by atoms with van der Waals surface area (Å²) in [7, 11) is -3.87. The van der Waals surface area contributed by atoms with E-state index in [1.165, 1.54) is 22.8 Å². The van der Waals surface area contributed by atoms with Gasteiger partial charge in [0, 0.05) is 19.3 Å². The Balaban J connectivity index is 1.67. The second-order valence-electron chi connectivity index (χ2n) is 8.38. The van der Waals surface area contributed by atoms with Gasteiger partial charge < -0.3 is 20.2 Å². The standard InChI is InChI=1S/C21H29N5O6S/c1-14(2)10-16(25-21(29)17-12-32-13-23-17)20(28)24-15-6-5-9-26(11-18(15)27)33(30,31)19-7-3-4-8-22-19/h3-4,7-8,12-16,18,27H,5-6,9-11H2,1-2H3,(H,24,28)(H,25,29)/t15?,16-,18?/m0/s1. The number of sulfonamides is 1. The maximum absolute atomic E-state index is 13.0. The van der Waals surface area contributed by atoms with Gasteiger partial charge in [0.1, 0.15) is 12.3 Å². The molecule has 2 amide bonds. The number of carbonyl (C=O) groups is 2. The second-order valence-corrected chi connectivity index (χ2v) is 10.3. The summed E-state index contributed by atoms with van der Waals surface area (Å²) >= 11 is 0. The largest absolute Gasteiger partial charge is 0.451 e. The summed E-state index contributed by atoms with van der Waals surface area (Å²) in [5.41, 5.74) is 0.0569. The summed E-state index contributed by atoms with van der Waals surface area (Å²) < 4.78 is 31.8. The van der Waals surface area contributed by atoms with E-state index in [1.54, 1.807) is 12.1 Å². The van der Waals surface area contributed by atoms with Crippen LogP contribution in [0.15, 0.2) is 46.5 Å². The number of pyridine rings is 1. The van der Waals surface area contributed by atoms with Crippen LogP contribution in [-0.4, -0.2) is 70.9 Å². The van der Waals surface area contributed by atoms with Gasteiger partial charge in [-0.05, 0) is 37.3 Å². The molecule has 3 heterocycles. The van der Waals surface area contributed by atoms with E-state index in [1.807, 2.05) is 13.8 Å². The molecule has 1 aliphatic heterocycles. The predicted molar refractivity (Wildman–Crippen MR) is 117 cm³/mol. The van der Waals surface area contributed by atoms with Gasteiger partial charge in [-0.25, -0.2) is 18.4 Å². The number of aromatic nitrogens is 2. The molecule has 0 bridgehead atoms. The Labute approximate surface area is 192 Å². The smallest absolute Gasteiger partial charge is 0.273 e. The molecule has 3 atom stereocenters. The van der Waals surface area contributed by atoms with Crippen LogP contribution in [-0.2, 0) is 14.8 Å². The number of aliphatic hydroxyl groups excluding tert-OH is 1. The molecule has 2 aromatic rings. The third-order valence-corrected chi connectivity index (χ3v) is 7.12. The van der Waals surface area contributed by atoms with Crippen molar-refractivity contribution in [2.24, 2.45) is 5.92 Å². The minimum Gasteiger partial charge on any atom is -0.451 e. The molecular formula is C21H29N5O6S. The predicted octanol–water partition coefficient (Wildman–Crippen LogP) is 0.545. The monoisotopic (exact) mass is 479 g/mol. The molecule has 2 aromatic heterocycles. The molecule has 1 fully saturated rings. The number of hydrogen-bond donors (Lipinski definition) is 3. The highest BCUT2D eigenvalue weighted by atomic mass is 32.2. The molecular weight excluding hydrogens is 450 g/mol. The number of carbonyl (C=O) groups excluding carboxylic acids is 2. The van der Waals surface area contributed by atoms with Gasteiger partial charge in [-0.1, -0.05) is 19.9 Å². The minimum atomic E-state index is -3.87. The van der Waals surface area contributed by atoms with Crippen LogP contribution < -0.4 is 10.6 Å². The lowest BCUT2D eigenvalue weighted by molar-refractivity contribution is -0.125. The molecule has 3 rings (SSSR count). The van der Waals surface area contributed by atoms with Crippen molar-refractivity contribution in [3.63, 3.8) is 0 Å². The van der Waals surface area contributed by atoms with Crippen LogP contribution in [0.1, 0.15) is 43.6 Å². The van der Waals surface area contributed by atoms with E-state index >= 15 is 0 Å². The number of nitrogens with zero attached hydrogens (tertiary/aromatic N) is 3. The zero-order chi connectivity index (χ0) is 24.0. The molecule has 0 spiro atoms. The van der Waals surface area contributed by atoms with Crippen molar-refractivity contribution in [2.45, 2.75) is 56.3 Å². The number of rotatable bonds is 8. The van der Waals surface area contributed by atoms with E-state index in [4.69, 9.17) is 4.42 Å². The van der Waals surface area contributed by atoms with E-state index in [0.29, 0.717) is 19.3 Å². The van der Waals surface area contributed by atoms with E-state index < -0.39 is 40.0 Å². The van der Waals surface area contributed by atoms with Crippen molar-refractivity contribution in [1.29, 1.82) is 0 Å². The SMILES string of the molecule is CC(C)C[C@H](NC(=O)c1cocn1)C(=O)NC1CCCN(S(=O)(=O)c2ccccn2)CC1O. The first kappa shape index (κ1) is 24.8. The summed E-state index contributed by atoms with van der Waals surface area (Å²) in [6.45, 7) is 3.86. The molecule has 0 saturated carbocycles. The Morgan fingerprint density at radius 1 is 1.30 bits per heavy atom. The summed E-state index contributed by atoms with van der Waals surface area (Å²) in [6.07, 6.45) is 3.77. The summed E-state index contributed by atoms with van der Waals surface area (Å²) in [5, 5.41) is 16.1. The molecule has 0 aliphatic carbocycles. The summed E-state index contributed by atoms with van der Waals surface area (Å²) in [5.74, 6) is -0.888. The Bertz CT molecular complexity index is 1030. The van der Waals surface area contributed by atoms with Gasteiger partial charge in [0.15, 0.2) is 17.1 Å². The molecule has 1 aliphatic rings. The van der Waals surface area contributed by atoms with Gasteiger partial charge in [-0.3, -0.25) is 9.59 Å². The van der Waals surface area contributed by atoms with Crippen LogP contribution in [0.2, 0.25) is 0 Å². The van der Waals surface area contributed by atoms with Crippen LogP contribution in [0.4, 0.5) is 0 Å². The van der Waals surface area contributed by atoms with Gasteiger partial charge in [0.2, 0.25) is 5.91 Å². The van der Waals surface area contributed by atoms with Crippen molar-refractivity contribution in [3.05, 3.63) is 42.7 Å². The Kier molecular flexibility index (Phi) is 8.16. The maximum Gasteiger partial charge on any atom is 0.273 e. The lowest BCUT2D eigenvalue weighted by atomic mass is 10.0. The zero-order valence-electron chi connectivity index (χ0n) is 18.5. The fourth-order valence-electron chi connectivity index (χ4n) is 3.67. The third kappa shape index (κ3) is 6.36. The highest BCUT2D eigenvalue weighted by molar-refractivity contribution is 7.89. The summed E-state index contributed by atoms with van der Waals surface area (Å²) in [6, 6.07) is 3.09. The van der Waals surface area contributed by atoms with Crippen LogP contribution in [0.25, 0.3) is 0 Å². The highest BCUT2D eigenvalue weighted by Crippen LogP contribution is 2.20. The van der Waals surface area contributed by atoms with E-state index in [2.05, 4.69) is 20.6 Å². The molecule has 12 heteroatoms. The number of nitrogens with one attached hydrogen (secondary N) is 2. The first-order valence-electron chi connectivity index (χ1n) is 10.8. The normalized spacial score (nSPS) is 20.7. The van der Waals surface area contributed by atoms with Crippen molar-refractivity contribution < 1.29 is 27.5 Å². The number of oxazole rings is 1. The van der Waals surface area contributed by atoms with Crippen molar-refractivity contribution in [1.82, 2.24) is 24.9 Å². The van der Waals surface area contributed by atoms with Gasteiger partial charge in [0.05, 0.1) is 12.1 Å². The topological polar surface area (TPSA) is 155 Å². The van der Waals surface area contributed by atoms with Crippen LogP contribution in [0.3, 0.4) is 0 Å². The number of hydrogen-bond acceptors (Lipinski definition) is 8. The molecule has 2 unspecified atom stereocenters. The maximum atomic E-state index is 13.0. The minimum absolute atomic E-state index is 0.0569. The second kappa shape index (κ2) is 10.9. The molecule has 33 heavy (non-hydrogen) atoms. The third-order valence-electron chi connectivity index (χ3n) is 5.34. The molecule has 180 valence electrons. The quantitative estimate of drug-likeness (QED) is 0.496. The number of β-amino-alcohol motifs (C(OH)–C–C–N with tert-alkyl or cyclic N) is 1. The molecule has 0 aromatic carbocycles. The van der Waals surface area contributed by atoms with Crippen LogP contribution >= 0.6 is 0 Å². The molecule has 0 radical (unpaired) electrons. The van der Waals surface area contributed by atoms with Gasteiger partial charge >= 0.3 is 0 Å². The van der Waals surface area contributed by atoms with Crippen LogP contribution in [0.5, 0.6) is 0 Å². The van der Waals surface area contributed by atoms with Crippen molar-refractivity contribution >= 4 is 21.8 Å².